The number of amides is 2. The van der Waals surface area contributed by atoms with Gasteiger partial charge in [-0.2, -0.15) is 13.2 Å². The molecule has 6 nitrogen and oxygen atoms in total. The van der Waals surface area contributed by atoms with E-state index >= 15 is 0 Å². The lowest BCUT2D eigenvalue weighted by atomic mass is 10.1. The Morgan fingerprint density at radius 2 is 1.70 bits per heavy atom. The van der Waals surface area contributed by atoms with Crippen LogP contribution in [0.3, 0.4) is 0 Å². The van der Waals surface area contributed by atoms with Gasteiger partial charge in [0.25, 0.3) is 0 Å². The zero-order chi connectivity index (χ0) is 23.6. The van der Waals surface area contributed by atoms with Crippen molar-refractivity contribution in [3.63, 3.8) is 0 Å². The average molecular weight is 456 g/mol. The Morgan fingerprint density at radius 1 is 1.00 bits per heavy atom. The number of benzene rings is 3. The standard InChI is InChI=1S/C24H19F3N2O4/c25-24(26,27)18-8-10-19(11-9-18)33-20-3-1-2-16-12-13-29(21(16)20)23(32)28-14-15-4-6-17(7-5-15)22(30)31/h1-11H,12-14H2,(H,28,32)(H,30,31). The predicted molar refractivity (Wildman–Crippen MR) is 115 cm³/mol. The van der Waals surface area contributed by atoms with Gasteiger partial charge in [-0.3, -0.25) is 4.90 Å². The van der Waals surface area contributed by atoms with Gasteiger partial charge in [0, 0.05) is 13.1 Å². The lowest BCUT2D eigenvalue weighted by Crippen LogP contribution is -2.38. The lowest BCUT2D eigenvalue weighted by molar-refractivity contribution is -0.137. The number of nitrogens with zero attached hydrogens (tertiary/aromatic N) is 1. The fourth-order valence-electron chi connectivity index (χ4n) is 3.58. The fourth-order valence-corrected chi connectivity index (χ4v) is 3.58. The monoisotopic (exact) mass is 456 g/mol. The van der Waals surface area contributed by atoms with Crippen molar-refractivity contribution in [2.75, 3.05) is 11.4 Å². The second kappa shape index (κ2) is 8.85. The molecule has 1 aliphatic rings. The largest absolute Gasteiger partial charge is 0.478 e. The van der Waals surface area contributed by atoms with Crippen molar-refractivity contribution in [2.24, 2.45) is 0 Å². The molecule has 0 spiro atoms. The topological polar surface area (TPSA) is 78.9 Å². The van der Waals surface area contributed by atoms with Crippen molar-refractivity contribution >= 4 is 17.7 Å². The molecule has 0 aromatic heterocycles. The molecule has 0 aliphatic carbocycles. The van der Waals surface area contributed by atoms with Crippen LogP contribution in [0.25, 0.3) is 0 Å². The normalized spacial score (nSPS) is 12.9. The first kappa shape index (κ1) is 22.2. The van der Waals surface area contributed by atoms with Crippen molar-refractivity contribution in [2.45, 2.75) is 19.1 Å². The molecule has 0 saturated heterocycles. The van der Waals surface area contributed by atoms with Crippen LogP contribution in [-0.4, -0.2) is 23.7 Å². The first-order valence-corrected chi connectivity index (χ1v) is 10.1. The van der Waals surface area contributed by atoms with E-state index in [1.807, 2.05) is 6.07 Å². The van der Waals surface area contributed by atoms with Crippen molar-refractivity contribution in [1.82, 2.24) is 5.32 Å². The molecule has 2 N–H and O–H groups in total. The lowest BCUT2D eigenvalue weighted by Gasteiger charge is -2.21. The Morgan fingerprint density at radius 3 is 2.33 bits per heavy atom. The second-order valence-electron chi connectivity index (χ2n) is 7.45. The first-order chi connectivity index (χ1) is 15.7. The van der Waals surface area contributed by atoms with Crippen LogP contribution < -0.4 is 15.0 Å². The number of carbonyl (C=O) groups is 2. The van der Waals surface area contributed by atoms with Crippen LogP contribution in [0.5, 0.6) is 11.5 Å². The van der Waals surface area contributed by atoms with Gasteiger partial charge in [-0.1, -0.05) is 24.3 Å². The van der Waals surface area contributed by atoms with E-state index in [0.29, 0.717) is 24.4 Å². The third-order valence-corrected chi connectivity index (χ3v) is 5.26. The Labute approximate surface area is 187 Å². The van der Waals surface area contributed by atoms with Gasteiger partial charge >= 0.3 is 18.2 Å². The molecule has 3 aromatic rings. The van der Waals surface area contributed by atoms with Crippen LogP contribution in [0.2, 0.25) is 0 Å². The van der Waals surface area contributed by atoms with Gasteiger partial charge in [-0.05, 0) is 60.0 Å². The number of para-hydroxylation sites is 1. The van der Waals surface area contributed by atoms with Crippen molar-refractivity contribution < 1.29 is 32.6 Å². The van der Waals surface area contributed by atoms with Gasteiger partial charge in [-0.25, -0.2) is 9.59 Å². The molecule has 0 atom stereocenters. The van der Waals surface area contributed by atoms with E-state index in [4.69, 9.17) is 9.84 Å². The zero-order valence-corrected chi connectivity index (χ0v) is 17.2. The van der Waals surface area contributed by atoms with Gasteiger partial charge in [0.05, 0.1) is 16.8 Å². The van der Waals surface area contributed by atoms with Gasteiger partial charge in [-0.15, -0.1) is 0 Å². The van der Waals surface area contributed by atoms with Crippen molar-refractivity contribution in [3.05, 3.63) is 89.0 Å². The number of ether oxygens (including phenoxy) is 1. The third kappa shape index (κ3) is 4.92. The van der Waals surface area contributed by atoms with Crippen LogP contribution in [0.15, 0.2) is 66.7 Å². The summed E-state index contributed by atoms with van der Waals surface area (Å²) >= 11 is 0. The number of fused-ring (bicyclic) bond motifs is 1. The second-order valence-corrected chi connectivity index (χ2v) is 7.45. The van der Waals surface area contributed by atoms with Crippen LogP contribution in [0, 0.1) is 0 Å². The molecule has 2 amide bonds. The highest BCUT2D eigenvalue weighted by Gasteiger charge is 2.31. The molecule has 1 aliphatic heterocycles. The van der Waals surface area contributed by atoms with E-state index in [-0.39, 0.29) is 23.9 Å². The zero-order valence-electron chi connectivity index (χ0n) is 17.2. The van der Waals surface area contributed by atoms with Gasteiger partial charge in [0.2, 0.25) is 0 Å². The summed E-state index contributed by atoms with van der Waals surface area (Å²) in [6.45, 7) is 0.624. The van der Waals surface area contributed by atoms with Crippen molar-refractivity contribution in [1.29, 1.82) is 0 Å². The summed E-state index contributed by atoms with van der Waals surface area (Å²) in [5, 5.41) is 11.8. The number of urea groups is 1. The fraction of sp³-hybridized carbons (Fsp3) is 0.167. The highest BCUT2D eigenvalue weighted by Crippen LogP contribution is 2.40. The van der Waals surface area contributed by atoms with Gasteiger partial charge in [0.15, 0.2) is 5.75 Å². The number of nitrogens with one attached hydrogen (secondary N) is 1. The molecule has 1 heterocycles. The maximum absolute atomic E-state index is 12.9. The maximum Gasteiger partial charge on any atom is 0.416 e. The minimum Gasteiger partial charge on any atom is -0.478 e. The summed E-state index contributed by atoms with van der Waals surface area (Å²) in [5.41, 5.74) is 1.58. The predicted octanol–water partition coefficient (Wildman–Crippen LogP) is 5.47. The van der Waals surface area contributed by atoms with Crippen LogP contribution in [0.4, 0.5) is 23.7 Å². The highest BCUT2D eigenvalue weighted by molar-refractivity contribution is 5.96. The molecular weight excluding hydrogens is 437 g/mol. The van der Waals surface area contributed by atoms with Gasteiger partial charge in [0.1, 0.15) is 5.75 Å². The molecule has 170 valence electrons. The Hall–Kier alpha value is -4.01. The smallest absolute Gasteiger partial charge is 0.416 e. The van der Waals surface area contributed by atoms with Crippen LogP contribution >= 0.6 is 0 Å². The molecule has 4 rings (SSSR count). The molecule has 0 unspecified atom stereocenters. The number of carboxylic acid groups (broad SMARTS) is 1. The van der Waals surface area contributed by atoms with Crippen LogP contribution in [0.1, 0.15) is 27.0 Å². The minimum absolute atomic E-state index is 0.156. The SMILES string of the molecule is O=C(O)c1ccc(CNC(=O)N2CCc3cccc(Oc4ccc(C(F)(F)F)cc4)c32)cc1. The number of anilines is 1. The highest BCUT2D eigenvalue weighted by atomic mass is 19.4. The Kier molecular flexibility index (Phi) is 5.95. The van der Waals surface area contributed by atoms with E-state index in [0.717, 1.165) is 23.3 Å². The molecule has 0 radical (unpaired) electrons. The van der Waals surface area contributed by atoms with E-state index in [1.54, 1.807) is 24.3 Å². The van der Waals surface area contributed by atoms with E-state index < -0.39 is 17.7 Å². The summed E-state index contributed by atoms with van der Waals surface area (Å²) < 4.78 is 44.2. The molecule has 0 bridgehead atoms. The minimum atomic E-state index is -4.44. The molecule has 33 heavy (non-hydrogen) atoms. The third-order valence-electron chi connectivity index (χ3n) is 5.26. The summed E-state index contributed by atoms with van der Waals surface area (Å²) in [5.74, 6) is -0.437. The van der Waals surface area contributed by atoms with Crippen LogP contribution in [-0.2, 0) is 19.1 Å². The number of hydrogen-bond donors (Lipinski definition) is 2. The number of carboxylic acids is 1. The van der Waals surface area contributed by atoms with E-state index in [9.17, 15) is 22.8 Å². The van der Waals surface area contributed by atoms with E-state index in [1.165, 1.54) is 29.2 Å². The Bertz CT molecular complexity index is 1180. The number of halogens is 3. The first-order valence-electron chi connectivity index (χ1n) is 10.1. The molecular formula is C24H19F3N2O4. The molecule has 0 saturated carbocycles. The number of alkyl halides is 3. The maximum atomic E-state index is 12.9. The van der Waals surface area contributed by atoms with Gasteiger partial charge < -0.3 is 15.2 Å². The molecule has 9 heteroatoms. The average Bonchev–Trinajstić information content (AvgIpc) is 3.23. The number of hydrogen-bond acceptors (Lipinski definition) is 3. The number of rotatable bonds is 5. The summed E-state index contributed by atoms with van der Waals surface area (Å²) in [6.07, 6.45) is -3.82. The van der Waals surface area contributed by atoms with Crippen molar-refractivity contribution in [3.8, 4) is 11.5 Å². The Balaban J connectivity index is 1.48. The van der Waals surface area contributed by atoms with E-state index in [2.05, 4.69) is 5.32 Å². The summed E-state index contributed by atoms with van der Waals surface area (Å²) in [4.78, 5) is 25.3. The summed E-state index contributed by atoms with van der Waals surface area (Å²) in [7, 11) is 0. The number of aromatic carboxylic acids is 1. The molecule has 0 fully saturated rings. The molecule has 3 aromatic carbocycles. The summed E-state index contributed by atoms with van der Waals surface area (Å²) in [6, 6.07) is 15.5. The number of carbonyl (C=O) groups excluding carboxylic acids is 1. The quantitative estimate of drug-likeness (QED) is 0.534.